The Labute approximate surface area is 201 Å². The van der Waals surface area contributed by atoms with Crippen molar-refractivity contribution < 1.29 is 9.90 Å². The Morgan fingerprint density at radius 3 is 2.56 bits per heavy atom. The van der Waals surface area contributed by atoms with Gasteiger partial charge in [-0.2, -0.15) is 0 Å². The lowest BCUT2D eigenvalue weighted by atomic mass is 9.95. The van der Waals surface area contributed by atoms with Crippen molar-refractivity contribution in [2.24, 2.45) is 0 Å². The van der Waals surface area contributed by atoms with Crippen LogP contribution in [-0.4, -0.2) is 26.0 Å². The number of carboxylic acids is 1. The Bertz CT molecular complexity index is 1550. The highest BCUT2D eigenvalue weighted by atomic mass is 35.5. The number of nitrogens with zero attached hydrogens (tertiary/aromatic N) is 3. The minimum absolute atomic E-state index is 0.120. The molecule has 0 amide bonds. The number of anilines is 1. The summed E-state index contributed by atoms with van der Waals surface area (Å²) in [5, 5.41) is 16.1. The molecule has 3 aromatic heterocycles. The Balaban J connectivity index is 1.72. The van der Waals surface area contributed by atoms with E-state index in [0.29, 0.717) is 5.69 Å². The first-order valence-electron chi connectivity index (χ1n) is 10.8. The zero-order valence-electron chi connectivity index (χ0n) is 18.6. The predicted octanol–water partition coefficient (Wildman–Crippen LogP) is 6.68. The molecular weight excluding hydrogens is 448 g/mol. The van der Waals surface area contributed by atoms with Crippen LogP contribution >= 0.6 is 11.6 Å². The van der Waals surface area contributed by atoms with Gasteiger partial charge in [0.2, 0.25) is 0 Å². The number of pyridine rings is 3. The van der Waals surface area contributed by atoms with Crippen molar-refractivity contribution in [3.63, 3.8) is 0 Å². The van der Waals surface area contributed by atoms with Crippen LogP contribution in [0.4, 0.5) is 5.69 Å². The predicted molar refractivity (Wildman–Crippen MR) is 135 cm³/mol. The minimum Gasteiger partial charge on any atom is -0.476 e. The number of hydrogen-bond acceptors (Lipinski definition) is 5. The first-order chi connectivity index (χ1) is 16.4. The number of carbonyl (C=O) groups is 1. The summed E-state index contributed by atoms with van der Waals surface area (Å²) in [4.78, 5) is 25.2. The van der Waals surface area contributed by atoms with Crippen LogP contribution in [0.25, 0.3) is 32.9 Å². The first kappa shape index (κ1) is 21.8. The fraction of sp³-hybridized carbons (Fsp3) is 0.111. The van der Waals surface area contributed by atoms with Crippen molar-refractivity contribution in [3.8, 4) is 11.3 Å². The maximum Gasteiger partial charge on any atom is 0.356 e. The van der Waals surface area contributed by atoms with Crippen molar-refractivity contribution in [1.29, 1.82) is 0 Å². The van der Waals surface area contributed by atoms with Crippen LogP contribution in [0, 0.1) is 6.92 Å². The molecule has 0 aliphatic heterocycles. The summed E-state index contributed by atoms with van der Waals surface area (Å²) in [7, 11) is 0. The maximum atomic E-state index is 11.7. The van der Waals surface area contributed by atoms with Gasteiger partial charge in [-0.1, -0.05) is 53.6 Å². The van der Waals surface area contributed by atoms with E-state index >= 15 is 0 Å². The second-order valence-electron chi connectivity index (χ2n) is 8.20. The van der Waals surface area contributed by atoms with Gasteiger partial charge in [0.1, 0.15) is 5.15 Å². The van der Waals surface area contributed by atoms with Gasteiger partial charge in [0, 0.05) is 34.3 Å². The molecule has 0 bridgehead atoms. The molecule has 7 heteroatoms. The number of aromatic nitrogens is 3. The number of carboxylic acid groups (broad SMARTS) is 1. The number of hydrogen-bond donors (Lipinski definition) is 2. The Kier molecular flexibility index (Phi) is 5.59. The zero-order valence-corrected chi connectivity index (χ0v) is 19.3. The summed E-state index contributed by atoms with van der Waals surface area (Å²) in [5.41, 5.74) is 5.02. The smallest absolute Gasteiger partial charge is 0.356 e. The van der Waals surface area contributed by atoms with Gasteiger partial charge in [-0.25, -0.2) is 14.8 Å². The van der Waals surface area contributed by atoms with Crippen LogP contribution in [0.3, 0.4) is 0 Å². The van der Waals surface area contributed by atoms with Gasteiger partial charge in [0.15, 0.2) is 5.69 Å². The van der Waals surface area contributed by atoms with Crippen molar-refractivity contribution in [3.05, 3.63) is 95.0 Å². The van der Waals surface area contributed by atoms with Gasteiger partial charge in [0.25, 0.3) is 0 Å². The molecule has 0 saturated carbocycles. The summed E-state index contributed by atoms with van der Waals surface area (Å²) in [6.07, 6.45) is 3.64. The molecule has 5 rings (SSSR count). The quantitative estimate of drug-likeness (QED) is 0.221. The summed E-state index contributed by atoms with van der Waals surface area (Å²) in [6.45, 7) is 4.02. The number of fused-ring (bicyclic) bond motifs is 3. The lowest BCUT2D eigenvalue weighted by Crippen LogP contribution is -2.13. The van der Waals surface area contributed by atoms with Gasteiger partial charge in [0.05, 0.1) is 22.9 Å². The van der Waals surface area contributed by atoms with Crippen LogP contribution in [-0.2, 0) is 0 Å². The first-order valence-corrected chi connectivity index (χ1v) is 11.2. The van der Waals surface area contributed by atoms with E-state index < -0.39 is 5.97 Å². The van der Waals surface area contributed by atoms with E-state index in [1.54, 1.807) is 18.3 Å². The molecule has 0 spiro atoms. The molecule has 2 aromatic carbocycles. The fourth-order valence-electron chi connectivity index (χ4n) is 4.30. The lowest BCUT2D eigenvalue weighted by molar-refractivity contribution is 0.0691. The van der Waals surface area contributed by atoms with E-state index in [2.05, 4.69) is 27.4 Å². The Morgan fingerprint density at radius 2 is 1.79 bits per heavy atom. The average Bonchev–Trinajstić information content (AvgIpc) is 2.84. The van der Waals surface area contributed by atoms with Gasteiger partial charge in [-0.3, -0.25) is 4.98 Å². The molecule has 0 aliphatic carbocycles. The maximum absolute atomic E-state index is 11.7. The number of aryl methyl sites for hydroxylation is 1. The summed E-state index contributed by atoms with van der Waals surface area (Å²) >= 11 is 5.93. The van der Waals surface area contributed by atoms with E-state index in [9.17, 15) is 9.90 Å². The van der Waals surface area contributed by atoms with Crippen molar-refractivity contribution in [2.45, 2.75) is 19.9 Å². The van der Waals surface area contributed by atoms with Crippen LogP contribution in [0.15, 0.2) is 73.1 Å². The third kappa shape index (κ3) is 3.93. The number of halogens is 1. The second-order valence-corrected chi connectivity index (χ2v) is 8.59. The molecule has 6 nitrogen and oxygen atoms in total. The standard InChI is InChI=1S/C27H21ClN4O2/c1-15-12-19(16(2)30-22-8-9-23(28)31-26(22)27(33)34)25-20(13-15)18-10-11-29-14-21(18)24(32-25)17-6-4-3-5-7-17/h3-14,16,30H,1-2H3,(H,33,34)/t16-/m1/s1. The van der Waals surface area contributed by atoms with Crippen LogP contribution in [0.1, 0.15) is 34.6 Å². The third-order valence-electron chi connectivity index (χ3n) is 5.82. The molecule has 1 atom stereocenters. The largest absolute Gasteiger partial charge is 0.476 e. The molecule has 0 fully saturated rings. The van der Waals surface area contributed by atoms with E-state index in [4.69, 9.17) is 16.6 Å². The topological polar surface area (TPSA) is 88.0 Å². The van der Waals surface area contributed by atoms with Crippen molar-refractivity contribution in [1.82, 2.24) is 15.0 Å². The number of nitrogens with one attached hydrogen (secondary N) is 1. The zero-order chi connectivity index (χ0) is 23.8. The van der Waals surface area contributed by atoms with E-state index in [-0.39, 0.29) is 16.9 Å². The third-order valence-corrected chi connectivity index (χ3v) is 6.03. The highest BCUT2D eigenvalue weighted by molar-refractivity contribution is 6.29. The number of rotatable bonds is 5. The van der Waals surface area contributed by atoms with Crippen LogP contribution < -0.4 is 5.32 Å². The Morgan fingerprint density at radius 1 is 1.00 bits per heavy atom. The van der Waals surface area contributed by atoms with Crippen molar-refractivity contribution in [2.75, 3.05) is 5.32 Å². The minimum atomic E-state index is -1.14. The normalized spacial score (nSPS) is 12.1. The summed E-state index contributed by atoms with van der Waals surface area (Å²) < 4.78 is 0. The van der Waals surface area contributed by atoms with Crippen molar-refractivity contribution >= 4 is 44.9 Å². The second kappa shape index (κ2) is 8.72. The summed E-state index contributed by atoms with van der Waals surface area (Å²) in [6, 6.07) is 19.2. The molecular formula is C27H21ClN4O2. The average molecular weight is 469 g/mol. The molecule has 0 aliphatic rings. The van der Waals surface area contributed by atoms with Gasteiger partial charge < -0.3 is 10.4 Å². The molecule has 0 saturated heterocycles. The van der Waals surface area contributed by atoms with Gasteiger partial charge in [-0.15, -0.1) is 0 Å². The van der Waals surface area contributed by atoms with Crippen LogP contribution in [0.2, 0.25) is 5.15 Å². The lowest BCUT2D eigenvalue weighted by Gasteiger charge is -2.20. The molecule has 2 N–H and O–H groups in total. The molecule has 0 radical (unpaired) electrons. The summed E-state index contributed by atoms with van der Waals surface area (Å²) in [5.74, 6) is -1.14. The molecule has 3 heterocycles. The highest BCUT2D eigenvalue weighted by Gasteiger charge is 2.19. The molecule has 5 aromatic rings. The highest BCUT2D eigenvalue weighted by Crippen LogP contribution is 2.36. The molecule has 34 heavy (non-hydrogen) atoms. The fourth-order valence-corrected chi connectivity index (χ4v) is 4.45. The van der Waals surface area contributed by atoms with E-state index in [0.717, 1.165) is 44.1 Å². The Hall–Kier alpha value is -4.03. The molecule has 0 unspecified atom stereocenters. The van der Waals surface area contributed by atoms with Crippen LogP contribution in [0.5, 0.6) is 0 Å². The van der Waals surface area contributed by atoms with Gasteiger partial charge >= 0.3 is 5.97 Å². The number of benzene rings is 2. The van der Waals surface area contributed by atoms with Gasteiger partial charge in [-0.05, 0) is 43.5 Å². The monoisotopic (exact) mass is 468 g/mol. The van der Waals surface area contributed by atoms with E-state index in [1.807, 2.05) is 56.4 Å². The SMILES string of the molecule is Cc1cc([C@@H](C)Nc2ccc(Cl)nc2C(=O)O)c2nc(-c3ccccc3)c3cnccc3c2c1. The van der Waals surface area contributed by atoms with E-state index in [1.165, 1.54) is 0 Å². The number of aromatic carboxylic acids is 1. The molecule has 168 valence electrons.